The van der Waals surface area contributed by atoms with Crippen molar-refractivity contribution in [3.8, 4) is 11.5 Å². The van der Waals surface area contributed by atoms with Gasteiger partial charge < -0.3 is 19.3 Å². The van der Waals surface area contributed by atoms with Crippen LogP contribution in [0.1, 0.15) is 108 Å². The van der Waals surface area contributed by atoms with E-state index in [0.29, 0.717) is 29.4 Å². The first-order valence-corrected chi connectivity index (χ1v) is 19.5. The molecule has 0 radical (unpaired) electrons. The van der Waals surface area contributed by atoms with Crippen LogP contribution in [0.2, 0.25) is 0 Å². The van der Waals surface area contributed by atoms with Crippen LogP contribution < -0.4 is 4.74 Å². The van der Waals surface area contributed by atoms with Crippen LogP contribution in [-0.2, 0) is 19.1 Å². The number of unbranched alkanes of at least 4 members (excludes halogenated alkanes) is 1. The number of esters is 2. The highest BCUT2D eigenvalue weighted by atomic mass is 16.6. The standard InChI is InChI=1S/C28H34O4.C21H26O3/c1-27(2,3)19-31-25(29)24(26(30)32-20-28(4,5)6)18-17-23(21-13-9-7-10-14-21)22-15-11-8-12-16-22;1-3-5-9-16(4-2)15-24-18-12-13-19(20(22)14-18)21(23)17-10-7-6-8-11-17/h7-18H,19-20H2,1-6H3;6-8,10-14,16,22H,3-5,9,15H2,1-2H3. The monoisotopic (exact) mass is 760 g/mol. The van der Waals surface area contributed by atoms with E-state index in [-0.39, 0.29) is 41.1 Å². The molecule has 0 saturated carbocycles. The van der Waals surface area contributed by atoms with Crippen LogP contribution in [0.15, 0.2) is 127 Å². The number of ether oxygens (including phenoxy) is 3. The first kappa shape index (κ1) is 45.0. The number of aromatic hydroxyl groups is 1. The van der Waals surface area contributed by atoms with Crippen LogP contribution in [-0.4, -0.2) is 42.6 Å². The Labute approximate surface area is 334 Å². The van der Waals surface area contributed by atoms with Gasteiger partial charge in [0.2, 0.25) is 0 Å². The largest absolute Gasteiger partial charge is 0.507 e. The molecule has 7 nitrogen and oxygen atoms in total. The Morgan fingerprint density at radius 2 is 1.14 bits per heavy atom. The summed E-state index contributed by atoms with van der Waals surface area (Å²) >= 11 is 0. The van der Waals surface area contributed by atoms with Crippen molar-refractivity contribution in [2.24, 2.45) is 16.7 Å². The molecular formula is C49H60O7. The number of benzene rings is 4. The number of allylic oxidation sites excluding steroid dienone is 2. The molecule has 4 rings (SSSR count). The fourth-order valence-electron chi connectivity index (χ4n) is 5.35. The van der Waals surface area contributed by atoms with Crippen LogP contribution in [0, 0.1) is 16.7 Å². The maximum atomic E-state index is 12.8. The topological polar surface area (TPSA) is 99.1 Å². The minimum absolute atomic E-state index is 0.0389. The molecule has 4 aromatic rings. The van der Waals surface area contributed by atoms with Gasteiger partial charge in [-0.25, -0.2) is 9.59 Å². The van der Waals surface area contributed by atoms with Crippen molar-refractivity contribution in [2.45, 2.75) is 81.1 Å². The molecule has 0 aliphatic heterocycles. The SMILES string of the molecule is CC(C)(C)COC(=O)C(=CC=C(c1ccccc1)c1ccccc1)C(=O)OCC(C)(C)C.CCCCC(CC)COc1ccc(C(=O)c2ccccc2)c(O)c1. The zero-order valence-corrected chi connectivity index (χ0v) is 34.5. The van der Waals surface area contributed by atoms with Gasteiger partial charge >= 0.3 is 11.9 Å². The number of carbonyl (C=O) groups is 3. The lowest BCUT2D eigenvalue weighted by atomic mass is 9.97. The minimum atomic E-state index is -0.685. The maximum absolute atomic E-state index is 12.8. The second kappa shape index (κ2) is 22.2. The highest BCUT2D eigenvalue weighted by Gasteiger charge is 2.25. The third-order valence-electron chi connectivity index (χ3n) is 8.58. The molecule has 56 heavy (non-hydrogen) atoms. The lowest BCUT2D eigenvalue weighted by Crippen LogP contribution is -2.25. The van der Waals surface area contributed by atoms with Crippen LogP contribution in [0.4, 0.5) is 0 Å². The quantitative estimate of drug-likeness (QED) is 0.0303. The highest BCUT2D eigenvalue weighted by molar-refractivity contribution is 6.14. The fraction of sp³-hybridized carbons (Fsp3) is 0.367. The predicted octanol–water partition coefficient (Wildman–Crippen LogP) is 11.4. The van der Waals surface area contributed by atoms with Gasteiger partial charge in [-0.2, -0.15) is 0 Å². The molecule has 0 fully saturated rings. The average Bonchev–Trinajstić information content (AvgIpc) is 3.18. The summed E-state index contributed by atoms with van der Waals surface area (Å²) in [4.78, 5) is 38.0. The third kappa shape index (κ3) is 15.7. The predicted molar refractivity (Wildman–Crippen MR) is 226 cm³/mol. The smallest absolute Gasteiger partial charge is 0.345 e. The van der Waals surface area contributed by atoms with E-state index in [1.54, 1.807) is 30.3 Å². The van der Waals surface area contributed by atoms with Gasteiger partial charge in [0, 0.05) is 11.6 Å². The van der Waals surface area contributed by atoms with Gasteiger partial charge in [0.05, 0.1) is 25.4 Å². The van der Waals surface area contributed by atoms with Crippen molar-refractivity contribution >= 4 is 23.3 Å². The van der Waals surface area contributed by atoms with Crippen molar-refractivity contribution < 1.29 is 33.7 Å². The average molecular weight is 761 g/mol. The van der Waals surface area contributed by atoms with E-state index >= 15 is 0 Å². The Kier molecular flexibility index (Phi) is 17.8. The van der Waals surface area contributed by atoms with E-state index in [1.165, 1.54) is 25.0 Å². The molecule has 0 amide bonds. The van der Waals surface area contributed by atoms with Crippen molar-refractivity contribution in [3.63, 3.8) is 0 Å². The van der Waals surface area contributed by atoms with E-state index in [2.05, 4.69) is 13.8 Å². The molecule has 298 valence electrons. The Balaban J connectivity index is 0.000000313. The Morgan fingerprint density at radius 1 is 0.661 bits per heavy atom. The summed E-state index contributed by atoms with van der Waals surface area (Å²) in [6.07, 6.45) is 7.91. The fourth-order valence-corrected chi connectivity index (χ4v) is 5.35. The van der Waals surface area contributed by atoms with Gasteiger partial charge in [0.1, 0.15) is 17.1 Å². The second-order valence-corrected chi connectivity index (χ2v) is 16.3. The normalized spacial score (nSPS) is 11.6. The summed E-state index contributed by atoms with van der Waals surface area (Å²) in [5.74, 6) is -0.465. The summed E-state index contributed by atoms with van der Waals surface area (Å²) in [5, 5.41) is 10.2. The van der Waals surface area contributed by atoms with Gasteiger partial charge in [-0.3, -0.25) is 4.79 Å². The van der Waals surface area contributed by atoms with Gasteiger partial charge in [0.15, 0.2) is 5.78 Å². The minimum Gasteiger partial charge on any atom is -0.507 e. The number of rotatable bonds is 16. The zero-order chi connectivity index (χ0) is 41.1. The molecule has 0 aliphatic rings. The molecule has 4 aromatic carbocycles. The molecule has 1 unspecified atom stereocenters. The summed E-state index contributed by atoms with van der Waals surface area (Å²) < 4.78 is 16.7. The summed E-state index contributed by atoms with van der Waals surface area (Å²) in [5.41, 5.74) is 3.13. The van der Waals surface area contributed by atoms with Crippen molar-refractivity contribution in [1.29, 1.82) is 0 Å². The number of hydrogen-bond acceptors (Lipinski definition) is 7. The van der Waals surface area contributed by atoms with Gasteiger partial charge in [-0.1, -0.05) is 172 Å². The molecule has 0 bridgehead atoms. The number of ketones is 1. The number of phenols is 1. The van der Waals surface area contributed by atoms with Gasteiger partial charge in [0.25, 0.3) is 0 Å². The van der Waals surface area contributed by atoms with E-state index in [0.717, 1.165) is 29.5 Å². The van der Waals surface area contributed by atoms with E-state index in [1.807, 2.05) is 120 Å². The summed E-state index contributed by atoms with van der Waals surface area (Å²) in [6, 6.07) is 33.5. The Morgan fingerprint density at radius 3 is 1.57 bits per heavy atom. The van der Waals surface area contributed by atoms with Gasteiger partial charge in [-0.05, 0) is 58.1 Å². The lowest BCUT2D eigenvalue weighted by molar-refractivity contribution is -0.150. The molecule has 0 aromatic heterocycles. The number of carbonyl (C=O) groups excluding carboxylic acids is 3. The number of phenolic OH excluding ortho intramolecular Hbond substituents is 1. The van der Waals surface area contributed by atoms with Crippen molar-refractivity contribution in [1.82, 2.24) is 0 Å². The van der Waals surface area contributed by atoms with E-state index in [9.17, 15) is 19.5 Å². The lowest BCUT2D eigenvalue weighted by Gasteiger charge is -2.20. The van der Waals surface area contributed by atoms with Gasteiger partial charge in [-0.15, -0.1) is 0 Å². The Bertz CT molecular complexity index is 1810. The maximum Gasteiger partial charge on any atom is 0.345 e. The molecule has 1 atom stereocenters. The first-order chi connectivity index (χ1) is 26.6. The first-order valence-electron chi connectivity index (χ1n) is 19.5. The molecule has 7 heteroatoms. The van der Waals surface area contributed by atoms with Crippen LogP contribution in [0.25, 0.3) is 5.57 Å². The molecule has 0 saturated heterocycles. The Hall–Kier alpha value is -5.43. The molecule has 1 N–H and O–H groups in total. The van der Waals surface area contributed by atoms with E-state index < -0.39 is 11.9 Å². The molecule has 0 aliphatic carbocycles. The van der Waals surface area contributed by atoms with Crippen LogP contribution in [0.3, 0.4) is 0 Å². The van der Waals surface area contributed by atoms with E-state index in [4.69, 9.17) is 14.2 Å². The zero-order valence-electron chi connectivity index (χ0n) is 34.5. The second-order valence-electron chi connectivity index (χ2n) is 16.3. The highest BCUT2D eigenvalue weighted by Crippen LogP contribution is 2.28. The van der Waals surface area contributed by atoms with Crippen molar-refractivity contribution in [3.05, 3.63) is 149 Å². The van der Waals surface area contributed by atoms with Crippen molar-refractivity contribution in [2.75, 3.05) is 19.8 Å². The number of hydrogen-bond donors (Lipinski definition) is 1. The molecular weight excluding hydrogens is 701 g/mol. The van der Waals surface area contributed by atoms with Crippen LogP contribution >= 0.6 is 0 Å². The third-order valence-corrected chi connectivity index (χ3v) is 8.58. The van der Waals surface area contributed by atoms with Crippen LogP contribution in [0.5, 0.6) is 11.5 Å². The summed E-state index contributed by atoms with van der Waals surface area (Å²) in [6.45, 7) is 17.2. The molecule has 0 spiro atoms. The molecule has 0 heterocycles. The summed E-state index contributed by atoms with van der Waals surface area (Å²) in [7, 11) is 0.